The molecule has 0 aliphatic carbocycles. The van der Waals surface area contributed by atoms with Crippen molar-refractivity contribution >= 4 is 0 Å². The highest BCUT2D eigenvalue weighted by Crippen LogP contribution is 2.31. The van der Waals surface area contributed by atoms with Crippen LogP contribution in [0.2, 0.25) is 0 Å². The third-order valence-electron chi connectivity index (χ3n) is 2.99. The number of rotatable bonds is 6. The van der Waals surface area contributed by atoms with Crippen LogP contribution in [0.5, 0.6) is 11.5 Å². The number of aromatic amines is 1. The van der Waals surface area contributed by atoms with E-state index in [4.69, 9.17) is 9.47 Å². The van der Waals surface area contributed by atoms with Gasteiger partial charge in [-0.05, 0) is 18.2 Å². The molecule has 0 aliphatic heterocycles. The Kier molecular flexibility index (Phi) is 4.63. The van der Waals surface area contributed by atoms with Gasteiger partial charge in [-0.2, -0.15) is 0 Å². The Bertz CT molecular complexity index is 564. The quantitative estimate of drug-likeness (QED) is 0.850. The molecule has 2 N–H and O–H groups in total. The van der Waals surface area contributed by atoms with Gasteiger partial charge in [0.1, 0.15) is 5.82 Å². The third-order valence-corrected chi connectivity index (χ3v) is 2.99. The summed E-state index contributed by atoms with van der Waals surface area (Å²) in [5, 5.41) is 3.35. The van der Waals surface area contributed by atoms with Gasteiger partial charge < -0.3 is 19.8 Å². The van der Waals surface area contributed by atoms with Crippen molar-refractivity contribution in [1.29, 1.82) is 0 Å². The van der Waals surface area contributed by atoms with Crippen LogP contribution in [0, 0.1) is 0 Å². The van der Waals surface area contributed by atoms with Crippen LogP contribution in [0.1, 0.15) is 19.5 Å². The molecule has 0 saturated heterocycles. The van der Waals surface area contributed by atoms with Crippen LogP contribution >= 0.6 is 0 Å². The summed E-state index contributed by atoms with van der Waals surface area (Å²) in [5.74, 6) is 2.24. The molecule has 0 fully saturated rings. The maximum absolute atomic E-state index is 5.31. The number of nitrogens with zero attached hydrogens (tertiary/aromatic N) is 1. The summed E-state index contributed by atoms with van der Waals surface area (Å²) in [6.07, 6.45) is 1.85. The van der Waals surface area contributed by atoms with Crippen molar-refractivity contribution in [3.63, 3.8) is 0 Å². The molecule has 1 aromatic carbocycles. The van der Waals surface area contributed by atoms with E-state index < -0.39 is 0 Å². The molecule has 0 unspecified atom stereocenters. The van der Waals surface area contributed by atoms with E-state index in [2.05, 4.69) is 29.1 Å². The number of ether oxygens (including phenoxy) is 2. The van der Waals surface area contributed by atoms with E-state index in [1.165, 1.54) is 0 Å². The van der Waals surface area contributed by atoms with Crippen molar-refractivity contribution in [3.8, 4) is 22.9 Å². The molecule has 0 bridgehead atoms. The minimum Gasteiger partial charge on any atom is -0.493 e. The highest BCUT2D eigenvalue weighted by atomic mass is 16.5. The van der Waals surface area contributed by atoms with Crippen molar-refractivity contribution < 1.29 is 9.47 Å². The lowest BCUT2D eigenvalue weighted by molar-refractivity contribution is 0.355. The number of hydrogen-bond donors (Lipinski definition) is 2. The van der Waals surface area contributed by atoms with E-state index in [1.54, 1.807) is 14.2 Å². The smallest absolute Gasteiger partial charge is 0.161 e. The van der Waals surface area contributed by atoms with E-state index in [1.807, 2.05) is 24.4 Å². The first-order chi connectivity index (χ1) is 9.63. The fourth-order valence-electron chi connectivity index (χ4n) is 1.89. The van der Waals surface area contributed by atoms with Crippen LogP contribution in [0.3, 0.4) is 0 Å². The van der Waals surface area contributed by atoms with Crippen molar-refractivity contribution in [1.82, 2.24) is 15.3 Å². The van der Waals surface area contributed by atoms with Crippen LogP contribution in [0.25, 0.3) is 11.4 Å². The Labute approximate surface area is 119 Å². The lowest BCUT2D eigenvalue weighted by Gasteiger charge is -2.08. The summed E-state index contributed by atoms with van der Waals surface area (Å²) in [6.45, 7) is 5.01. The van der Waals surface area contributed by atoms with E-state index in [0.717, 1.165) is 23.6 Å². The first kappa shape index (κ1) is 14.4. The molecule has 0 atom stereocenters. The normalized spacial score (nSPS) is 10.8. The van der Waals surface area contributed by atoms with Gasteiger partial charge in [0.05, 0.1) is 14.2 Å². The van der Waals surface area contributed by atoms with Crippen molar-refractivity contribution in [3.05, 3.63) is 30.1 Å². The van der Waals surface area contributed by atoms with E-state index >= 15 is 0 Å². The highest BCUT2D eigenvalue weighted by Gasteiger charge is 2.09. The summed E-state index contributed by atoms with van der Waals surface area (Å²) >= 11 is 0. The van der Waals surface area contributed by atoms with Crippen molar-refractivity contribution in [2.45, 2.75) is 26.4 Å². The fourth-order valence-corrected chi connectivity index (χ4v) is 1.89. The summed E-state index contributed by atoms with van der Waals surface area (Å²) in [7, 11) is 3.25. The second kappa shape index (κ2) is 6.43. The standard InChI is InChI=1S/C15H21N3O2/c1-10(2)16-8-12-9-17-15(18-12)11-5-6-13(19-3)14(7-11)20-4/h5-7,9-10,16H,8H2,1-4H3,(H,17,18). The third kappa shape index (κ3) is 3.30. The number of aromatic nitrogens is 2. The molecule has 5 heteroatoms. The average molecular weight is 275 g/mol. The van der Waals surface area contributed by atoms with Gasteiger partial charge in [-0.15, -0.1) is 0 Å². The molecule has 0 amide bonds. The number of H-pyrrole nitrogens is 1. The van der Waals surface area contributed by atoms with Crippen molar-refractivity contribution in [2.75, 3.05) is 14.2 Å². The maximum atomic E-state index is 5.31. The first-order valence-corrected chi connectivity index (χ1v) is 6.63. The fraction of sp³-hybridized carbons (Fsp3) is 0.400. The largest absolute Gasteiger partial charge is 0.493 e. The van der Waals surface area contributed by atoms with Crippen LogP contribution in [-0.4, -0.2) is 30.2 Å². The van der Waals surface area contributed by atoms with Gasteiger partial charge >= 0.3 is 0 Å². The molecular weight excluding hydrogens is 254 g/mol. The predicted octanol–water partition coefficient (Wildman–Crippen LogP) is 2.59. The van der Waals surface area contributed by atoms with Crippen LogP contribution in [0.15, 0.2) is 24.4 Å². The summed E-state index contributed by atoms with van der Waals surface area (Å²) in [4.78, 5) is 7.71. The number of imidazole rings is 1. The van der Waals surface area contributed by atoms with E-state index in [9.17, 15) is 0 Å². The van der Waals surface area contributed by atoms with Crippen LogP contribution in [0.4, 0.5) is 0 Å². The molecule has 0 radical (unpaired) electrons. The Morgan fingerprint density at radius 3 is 2.60 bits per heavy atom. The monoisotopic (exact) mass is 275 g/mol. The minimum absolute atomic E-state index is 0.447. The molecule has 0 saturated carbocycles. The zero-order chi connectivity index (χ0) is 14.5. The van der Waals surface area contributed by atoms with Gasteiger partial charge in [-0.1, -0.05) is 13.8 Å². The molecule has 2 rings (SSSR count). The molecule has 1 aromatic heterocycles. The SMILES string of the molecule is COc1ccc(-c2ncc(CNC(C)C)[nH]2)cc1OC. The summed E-state index contributed by atoms with van der Waals surface area (Å²) in [5.41, 5.74) is 2.03. The number of hydrogen-bond acceptors (Lipinski definition) is 4. The lowest BCUT2D eigenvalue weighted by Crippen LogP contribution is -2.21. The van der Waals surface area contributed by atoms with Crippen molar-refractivity contribution in [2.24, 2.45) is 0 Å². The zero-order valence-corrected chi connectivity index (χ0v) is 12.4. The van der Waals surface area contributed by atoms with Gasteiger partial charge in [-0.3, -0.25) is 0 Å². The summed E-state index contributed by atoms with van der Waals surface area (Å²) in [6, 6.07) is 6.20. The molecule has 2 aromatic rings. The zero-order valence-electron chi connectivity index (χ0n) is 12.4. The molecule has 0 aliphatic rings. The van der Waals surface area contributed by atoms with Gasteiger partial charge in [-0.25, -0.2) is 4.98 Å². The van der Waals surface area contributed by atoms with Crippen LogP contribution in [-0.2, 0) is 6.54 Å². The number of benzene rings is 1. The predicted molar refractivity (Wildman–Crippen MR) is 79.1 cm³/mol. The lowest BCUT2D eigenvalue weighted by atomic mass is 10.2. The van der Waals surface area contributed by atoms with Gasteiger partial charge in [0, 0.05) is 30.0 Å². The topological polar surface area (TPSA) is 59.2 Å². The van der Waals surface area contributed by atoms with Crippen LogP contribution < -0.4 is 14.8 Å². The molecule has 108 valence electrons. The first-order valence-electron chi connectivity index (χ1n) is 6.63. The molecule has 20 heavy (non-hydrogen) atoms. The average Bonchev–Trinajstić information content (AvgIpc) is 2.93. The highest BCUT2D eigenvalue weighted by molar-refractivity contribution is 5.61. The summed E-state index contributed by atoms with van der Waals surface area (Å²) < 4.78 is 10.5. The number of methoxy groups -OCH3 is 2. The van der Waals surface area contributed by atoms with E-state index in [0.29, 0.717) is 17.5 Å². The number of nitrogens with one attached hydrogen (secondary N) is 2. The minimum atomic E-state index is 0.447. The molecular formula is C15H21N3O2. The Hall–Kier alpha value is -2.01. The molecule has 0 spiro atoms. The Balaban J connectivity index is 2.19. The molecule has 1 heterocycles. The maximum Gasteiger partial charge on any atom is 0.161 e. The van der Waals surface area contributed by atoms with E-state index in [-0.39, 0.29) is 0 Å². The second-order valence-corrected chi connectivity index (χ2v) is 4.86. The second-order valence-electron chi connectivity index (χ2n) is 4.86. The Morgan fingerprint density at radius 1 is 1.20 bits per heavy atom. The Morgan fingerprint density at radius 2 is 1.95 bits per heavy atom. The molecule has 5 nitrogen and oxygen atoms in total. The van der Waals surface area contributed by atoms with Gasteiger partial charge in [0.25, 0.3) is 0 Å². The van der Waals surface area contributed by atoms with Gasteiger partial charge in [0.2, 0.25) is 0 Å². The van der Waals surface area contributed by atoms with Gasteiger partial charge in [0.15, 0.2) is 11.5 Å².